The Bertz CT molecular complexity index is 1720. The molecule has 6 atom stereocenters. The molecule has 3 aromatic carbocycles. The molecule has 0 spiro atoms. The van der Waals surface area contributed by atoms with Crippen LogP contribution in [0.25, 0.3) is 0 Å². The fraction of sp³-hybridized carbons (Fsp3) is 0.273. The second-order valence-electron chi connectivity index (χ2n) is 11.6. The van der Waals surface area contributed by atoms with E-state index >= 15 is 4.79 Å². The van der Waals surface area contributed by atoms with Crippen LogP contribution in [0.3, 0.4) is 0 Å². The zero-order chi connectivity index (χ0) is 29.5. The van der Waals surface area contributed by atoms with E-state index in [4.69, 9.17) is 11.6 Å². The molecule has 8 nitrogen and oxygen atoms in total. The summed E-state index contributed by atoms with van der Waals surface area (Å²) in [6.07, 6.45) is 2.18. The highest BCUT2D eigenvalue weighted by molar-refractivity contribution is 6.32. The molecule has 9 heteroatoms. The summed E-state index contributed by atoms with van der Waals surface area (Å²) in [5.74, 6) is -6.28. The van der Waals surface area contributed by atoms with Gasteiger partial charge in [0.05, 0.1) is 28.9 Å². The van der Waals surface area contributed by atoms with Crippen LogP contribution in [0.4, 0.5) is 5.69 Å². The van der Waals surface area contributed by atoms with Crippen LogP contribution in [0, 0.1) is 30.6 Å². The van der Waals surface area contributed by atoms with E-state index in [9.17, 15) is 24.7 Å². The zero-order valence-electron chi connectivity index (χ0n) is 22.6. The van der Waals surface area contributed by atoms with Crippen LogP contribution in [0.5, 0.6) is 5.75 Å². The molecular weight excluding hydrogens is 556 g/mol. The molecule has 0 bridgehead atoms. The molecule has 2 aliphatic carbocycles. The van der Waals surface area contributed by atoms with Gasteiger partial charge in [-0.15, -0.1) is 0 Å². The Morgan fingerprint density at radius 2 is 1.62 bits per heavy atom. The van der Waals surface area contributed by atoms with Gasteiger partial charge in [-0.1, -0.05) is 77.8 Å². The van der Waals surface area contributed by atoms with Gasteiger partial charge in [-0.05, 0) is 55.0 Å². The summed E-state index contributed by atoms with van der Waals surface area (Å²) in [6.45, 7) is 1.76. The number of allylic oxidation sites excluding steroid dienone is 2. The van der Waals surface area contributed by atoms with Crippen molar-refractivity contribution in [3.63, 3.8) is 0 Å². The smallest absolute Gasteiger partial charge is 0.257 e. The topological polar surface area (TPSA) is 115 Å². The Morgan fingerprint density at radius 3 is 2.36 bits per heavy atom. The Balaban J connectivity index is 1.54. The van der Waals surface area contributed by atoms with Crippen molar-refractivity contribution in [1.82, 2.24) is 5.06 Å². The summed E-state index contributed by atoms with van der Waals surface area (Å²) in [5.41, 5.74) is 1.25. The van der Waals surface area contributed by atoms with E-state index < -0.39 is 58.6 Å². The number of aryl methyl sites for hydroxylation is 1. The molecule has 3 aromatic rings. The van der Waals surface area contributed by atoms with Crippen molar-refractivity contribution < 1.29 is 29.5 Å². The predicted molar refractivity (Wildman–Crippen MR) is 153 cm³/mol. The van der Waals surface area contributed by atoms with Gasteiger partial charge < -0.3 is 5.11 Å². The van der Waals surface area contributed by atoms with Crippen molar-refractivity contribution in [3.8, 4) is 5.75 Å². The van der Waals surface area contributed by atoms with Gasteiger partial charge in [0.15, 0.2) is 0 Å². The maximum absolute atomic E-state index is 15.0. The lowest BCUT2D eigenvalue weighted by Gasteiger charge is -2.50. The first-order valence-electron chi connectivity index (χ1n) is 13.9. The predicted octanol–water partition coefficient (Wildman–Crippen LogP) is 4.91. The summed E-state index contributed by atoms with van der Waals surface area (Å²) >= 11 is 6.30. The van der Waals surface area contributed by atoms with Crippen LogP contribution >= 0.6 is 11.6 Å². The van der Waals surface area contributed by atoms with Crippen molar-refractivity contribution >= 4 is 40.9 Å². The van der Waals surface area contributed by atoms with E-state index in [1.807, 2.05) is 36.4 Å². The van der Waals surface area contributed by atoms with Gasteiger partial charge in [-0.25, -0.2) is 4.90 Å². The molecule has 6 unspecified atom stereocenters. The number of halogens is 1. The van der Waals surface area contributed by atoms with Gasteiger partial charge in [0.1, 0.15) is 5.75 Å². The molecule has 7 rings (SSSR count). The van der Waals surface area contributed by atoms with Crippen LogP contribution in [-0.2, 0) is 24.6 Å². The molecule has 1 saturated carbocycles. The minimum atomic E-state index is -1.47. The number of para-hydroxylation sites is 1. The van der Waals surface area contributed by atoms with Gasteiger partial charge in [0.25, 0.3) is 11.8 Å². The highest BCUT2D eigenvalue weighted by Crippen LogP contribution is 2.65. The first-order chi connectivity index (χ1) is 20.2. The lowest BCUT2D eigenvalue weighted by molar-refractivity contribution is -0.173. The van der Waals surface area contributed by atoms with Crippen LogP contribution in [-0.4, -0.2) is 39.0 Å². The van der Waals surface area contributed by atoms with Crippen molar-refractivity contribution in [3.05, 3.63) is 106 Å². The number of hydrogen-bond donors (Lipinski definition) is 2. The van der Waals surface area contributed by atoms with E-state index in [-0.39, 0.29) is 23.7 Å². The van der Waals surface area contributed by atoms with E-state index in [2.05, 4.69) is 0 Å². The number of carbonyl (C=O) groups is 4. The van der Waals surface area contributed by atoms with Crippen molar-refractivity contribution in [2.24, 2.45) is 23.7 Å². The Morgan fingerprint density at radius 1 is 0.881 bits per heavy atom. The van der Waals surface area contributed by atoms with E-state index in [1.165, 1.54) is 4.90 Å². The van der Waals surface area contributed by atoms with Gasteiger partial charge >= 0.3 is 0 Å². The lowest BCUT2D eigenvalue weighted by Crippen LogP contribution is -2.53. The Labute approximate surface area is 246 Å². The summed E-state index contributed by atoms with van der Waals surface area (Å²) < 4.78 is 0. The number of anilines is 1. The summed E-state index contributed by atoms with van der Waals surface area (Å²) in [5, 5.41) is 22.4. The minimum Gasteiger partial charge on any atom is -0.507 e. The summed E-state index contributed by atoms with van der Waals surface area (Å²) in [7, 11) is 0. The molecule has 2 saturated heterocycles. The number of hydrogen-bond acceptors (Lipinski definition) is 6. The number of amides is 4. The molecule has 2 aliphatic heterocycles. The maximum atomic E-state index is 15.0. The normalized spacial score (nSPS) is 30.3. The third-order valence-electron chi connectivity index (χ3n) is 9.72. The number of carbonyl (C=O) groups excluding carboxylic acids is 4. The molecular formula is C33H27ClN2O6. The van der Waals surface area contributed by atoms with E-state index in [0.717, 1.165) is 0 Å². The lowest BCUT2D eigenvalue weighted by atomic mass is 9.49. The monoisotopic (exact) mass is 582 g/mol. The number of hydroxylamine groups is 2. The number of nitrogens with zero attached hydrogens (tertiary/aromatic N) is 2. The number of imide groups is 2. The van der Waals surface area contributed by atoms with E-state index in [0.29, 0.717) is 33.0 Å². The largest absolute Gasteiger partial charge is 0.507 e. The van der Waals surface area contributed by atoms with Crippen molar-refractivity contribution in [2.45, 2.75) is 31.1 Å². The average Bonchev–Trinajstić information content (AvgIpc) is 3.35. The van der Waals surface area contributed by atoms with Crippen molar-refractivity contribution in [2.75, 3.05) is 4.90 Å². The first kappa shape index (κ1) is 26.6. The molecule has 2 N–H and O–H groups in total. The summed E-state index contributed by atoms with van der Waals surface area (Å²) in [4.78, 5) is 56.8. The Hall–Kier alpha value is -4.27. The van der Waals surface area contributed by atoms with Gasteiger partial charge in [0.2, 0.25) is 11.8 Å². The SMILES string of the molecule is Cc1cccc(C2C3=CCC4C(=O)N(O)C(=O)C4C3CC3C(=O)N(c4cccc(Cl)c4)C(=O)C32c2ccccc2)c1O. The van der Waals surface area contributed by atoms with Crippen molar-refractivity contribution in [1.29, 1.82) is 0 Å². The molecule has 4 aliphatic rings. The van der Waals surface area contributed by atoms with Gasteiger partial charge in [0, 0.05) is 16.5 Å². The standard InChI is InChI=1S/C33H27ClN2O6/c1-17-7-5-12-23(28(17)37)27-21-13-14-22-26(31(40)36(42)29(22)38)24(21)16-25-30(39)35(20-11-6-10-19(34)15-20)32(41)33(25,27)18-8-3-2-4-9-18/h2-13,15,22,24-27,37,42H,14,16H2,1H3. The third-order valence-corrected chi connectivity index (χ3v) is 9.96. The number of aromatic hydroxyl groups is 1. The number of rotatable bonds is 3. The number of fused-ring (bicyclic) bond motifs is 4. The second kappa shape index (κ2) is 9.37. The van der Waals surface area contributed by atoms with Gasteiger partial charge in [-0.3, -0.25) is 24.4 Å². The summed E-state index contributed by atoms with van der Waals surface area (Å²) in [6, 6.07) is 21.0. The molecule has 0 aromatic heterocycles. The zero-order valence-corrected chi connectivity index (χ0v) is 23.4. The molecule has 3 fully saturated rings. The quantitative estimate of drug-likeness (QED) is 0.258. The molecule has 0 radical (unpaired) electrons. The fourth-order valence-corrected chi connectivity index (χ4v) is 8.17. The highest BCUT2D eigenvalue weighted by Gasteiger charge is 2.70. The second-order valence-corrected chi connectivity index (χ2v) is 12.0. The molecule has 4 amide bonds. The van der Waals surface area contributed by atoms with Crippen LogP contribution < -0.4 is 4.90 Å². The minimum absolute atomic E-state index is 0.000654. The number of benzene rings is 3. The number of phenolic OH excluding ortho intramolecular Hbond substituents is 1. The van der Waals surface area contributed by atoms with Crippen LogP contribution in [0.1, 0.15) is 35.4 Å². The van der Waals surface area contributed by atoms with Crippen LogP contribution in [0.2, 0.25) is 5.02 Å². The van der Waals surface area contributed by atoms with E-state index in [1.54, 1.807) is 49.4 Å². The average molecular weight is 583 g/mol. The van der Waals surface area contributed by atoms with Gasteiger partial charge in [-0.2, -0.15) is 5.06 Å². The van der Waals surface area contributed by atoms with Crippen LogP contribution in [0.15, 0.2) is 84.4 Å². The highest BCUT2D eigenvalue weighted by atomic mass is 35.5. The molecule has 42 heavy (non-hydrogen) atoms. The molecule has 2 heterocycles. The Kier molecular flexibility index (Phi) is 5.94. The number of phenols is 1. The first-order valence-corrected chi connectivity index (χ1v) is 14.3. The maximum Gasteiger partial charge on any atom is 0.257 e. The fourth-order valence-electron chi connectivity index (χ4n) is 7.99. The molecule has 212 valence electrons. The third kappa shape index (κ3) is 3.39.